The molecule has 0 unspecified atom stereocenters. The number of halogens is 3. The van der Waals surface area contributed by atoms with E-state index in [0.717, 1.165) is 10.7 Å². The van der Waals surface area contributed by atoms with Gasteiger partial charge in [0.25, 0.3) is 0 Å². The van der Waals surface area contributed by atoms with E-state index in [4.69, 9.17) is 9.47 Å². The first-order valence-corrected chi connectivity index (χ1v) is 7.57. The second-order valence-corrected chi connectivity index (χ2v) is 5.47. The number of nitrogens with zero attached hydrogens (tertiary/aromatic N) is 3. The SMILES string of the molecule is COCCOCc1nc(C(F)(F)F)ccc1C(=O)c1c(C)nn(C)c1O. The van der Waals surface area contributed by atoms with Gasteiger partial charge < -0.3 is 14.6 Å². The van der Waals surface area contributed by atoms with Crippen molar-refractivity contribution in [2.24, 2.45) is 7.05 Å². The van der Waals surface area contributed by atoms with Crippen LogP contribution in [0.15, 0.2) is 12.1 Å². The second-order valence-electron chi connectivity index (χ2n) is 5.47. The van der Waals surface area contributed by atoms with Gasteiger partial charge in [-0.25, -0.2) is 9.67 Å². The Morgan fingerprint density at radius 3 is 2.54 bits per heavy atom. The van der Waals surface area contributed by atoms with Gasteiger partial charge in [-0.2, -0.15) is 18.3 Å². The lowest BCUT2D eigenvalue weighted by atomic mass is 10.0. The van der Waals surface area contributed by atoms with Crippen LogP contribution < -0.4 is 0 Å². The van der Waals surface area contributed by atoms with Crippen LogP contribution in [0.3, 0.4) is 0 Å². The molecule has 2 rings (SSSR count). The van der Waals surface area contributed by atoms with E-state index in [1.165, 1.54) is 21.1 Å². The molecule has 1 N–H and O–H groups in total. The smallest absolute Gasteiger partial charge is 0.433 e. The molecule has 0 bridgehead atoms. The first kappa shape index (κ1) is 19.9. The Bertz CT molecular complexity index is 803. The molecule has 7 nitrogen and oxygen atoms in total. The van der Waals surface area contributed by atoms with Crippen molar-refractivity contribution < 1.29 is 32.5 Å². The van der Waals surface area contributed by atoms with E-state index in [1.54, 1.807) is 0 Å². The summed E-state index contributed by atoms with van der Waals surface area (Å²) in [7, 11) is 2.90. The molecule has 0 aliphatic heterocycles. The van der Waals surface area contributed by atoms with Crippen LogP contribution in [0, 0.1) is 6.92 Å². The molecule has 0 radical (unpaired) electrons. The van der Waals surface area contributed by atoms with Crippen molar-refractivity contribution in [3.05, 3.63) is 40.3 Å². The summed E-state index contributed by atoms with van der Waals surface area (Å²) in [6, 6.07) is 1.74. The highest BCUT2D eigenvalue weighted by Gasteiger charge is 2.34. The van der Waals surface area contributed by atoms with Crippen LogP contribution in [-0.4, -0.2) is 46.0 Å². The number of aromatic hydroxyl groups is 1. The number of ether oxygens (including phenoxy) is 2. The fourth-order valence-electron chi connectivity index (χ4n) is 2.33. The summed E-state index contributed by atoms with van der Waals surface area (Å²) in [5.41, 5.74) is -1.25. The average molecular weight is 373 g/mol. The molecule has 0 aromatic carbocycles. The summed E-state index contributed by atoms with van der Waals surface area (Å²) in [4.78, 5) is 16.3. The number of aryl methyl sites for hydroxylation is 2. The minimum Gasteiger partial charge on any atom is -0.493 e. The summed E-state index contributed by atoms with van der Waals surface area (Å²) < 4.78 is 49.9. The third kappa shape index (κ3) is 4.20. The first-order valence-electron chi connectivity index (χ1n) is 7.57. The lowest BCUT2D eigenvalue weighted by Gasteiger charge is -2.12. The standard InChI is InChI=1S/C16H18F3N3O4/c1-9-13(15(24)22(2)21-9)14(23)10-4-5-12(16(17,18)19)20-11(10)8-26-7-6-25-3/h4-5,24H,6-8H2,1-3H3. The van der Waals surface area contributed by atoms with Crippen LogP contribution in [-0.2, 0) is 29.3 Å². The normalized spacial score (nSPS) is 11.8. The molecule has 0 atom stereocenters. The molecule has 0 aliphatic carbocycles. The molecule has 0 spiro atoms. The highest BCUT2D eigenvalue weighted by Crippen LogP contribution is 2.30. The summed E-state index contributed by atoms with van der Waals surface area (Å²) >= 11 is 0. The van der Waals surface area contributed by atoms with E-state index in [0.29, 0.717) is 6.07 Å². The van der Waals surface area contributed by atoms with Crippen LogP contribution in [0.4, 0.5) is 13.2 Å². The van der Waals surface area contributed by atoms with Crippen molar-refractivity contribution >= 4 is 5.78 Å². The summed E-state index contributed by atoms with van der Waals surface area (Å²) in [6.07, 6.45) is -4.66. The Balaban J connectivity index is 2.43. The fraction of sp³-hybridized carbons (Fsp3) is 0.438. The zero-order chi connectivity index (χ0) is 19.5. The highest BCUT2D eigenvalue weighted by atomic mass is 19.4. The van der Waals surface area contributed by atoms with Gasteiger partial charge in [0.05, 0.1) is 31.2 Å². The number of hydrogen-bond acceptors (Lipinski definition) is 6. The van der Waals surface area contributed by atoms with E-state index in [-0.39, 0.29) is 48.2 Å². The van der Waals surface area contributed by atoms with E-state index >= 15 is 0 Å². The maximum absolute atomic E-state index is 12.9. The van der Waals surface area contributed by atoms with Crippen molar-refractivity contribution in [2.45, 2.75) is 19.7 Å². The number of alkyl halides is 3. The van der Waals surface area contributed by atoms with Gasteiger partial charge >= 0.3 is 6.18 Å². The van der Waals surface area contributed by atoms with Gasteiger partial charge in [0, 0.05) is 19.7 Å². The van der Waals surface area contributed by atoms with E-state index in [2.05, 4.69) is 10.1 Å². The van der Waals surface area contributed by atoms with Crippen LogP contribution in [0.1, 0.15) is 33.0 Å². The number of hydrogen-bond donors (Lipinski definition) is 1. The van der Waals surface area contributed by atoms with Crippen molar-refractivity contribution in [3.8, 4) is 5.88 Å². The predicted octanol–water partition coefficient (Wildman–Crippen LogP) is 2.24. The van der Waals surface area contributed by atoms with Gasteiger partial charge in [0.1, 0.15) is 11.3 Å². The predicted molar refractivity (Wildman–Crippen MR) is 83.8 cm³/mol. The van der Waals surface area contributed by atoms with Crippen molar-refractivity contribution in [1.29, 1.82) is 0 Å². The summed E-state index contributed by atoms with van der Waals surface area (Å²) in [5.74, 6) is -1.06. The summed E-state index contributed by atoms with van der Waals surface area (Å²) in [5, 5.41) is 13.9. The molecule has 10 heteroatoms. The molecule has 0 fully saturated rings. The Kier molecular flexibility index (Phi) is 5.98. The molecule has 0 amide bonds. The van der Waals surface area contributed by atoms with Gasteiger partial charge in [0.2, 0.25) is 11.7 Å². The number of carbonyl (C=O) groups excluding carboxylic acids is 1. The maximum Gasteiger partial charge on any atom is 0.433 e. The van der Waals surface area contributed by atoms with Crippen molar-refractivity contribution in [1.82, 2.24) is 14.8 Å². The van der Waals surface area contributed by atoms with Gasteiger partial charge in [-0.05, 0) is 19.1 Å². The van der Waals surface area contributed by atoms with E-state index in [9.17, 15) is 23.1 Å². The molecular weight excluding hydrogens is 355 g/mol. The Morgan fingerprint density at radius 2 is 2.00 bits per heavy atom. The lowest BCUT2D eigenvalue weighted by Crippen LogP contribution is -2.15. The number of rotatable bonds is 7. The topological polar surface area (TPSA) is 86.5 Å². The average Bonchev–Trinajstić information content (AvgIpc) is 2.82. The van der Waals surface area contributed by atoms with Gasteiger partial charge in [-0.3, -0.25) is 4.79 Å². The zero-order valence-electron chi connectivity index (χ0n) is 14.4. The number of aromatic nitrogens is 3. The molecule has 0 saturated carbocycles. The minimum absolute atomic E-state index is 0.0906. The molecule has 2 aromatic heterocycles. The molecule has 26 heavy (non-hydrogen) atoms. The minimum atomic E-state index is -4.66. The molecule has 2 aromatic rings. The number of carbonyl (C=O) groups is 1. The Morgan fingerprint density at radius 1 is 1.31 bits per heavy atom. The van der Waals surface area contributed by atoms with Gasteiger partial charge in [-0.1, -0.05) is 0 Å². The zero-order valence-corrected chi connectivity index (χ0v) is 14.4. The summed E-state index contributed by atoms with van der Waals surface area (Å²) in [6.45, 7) is 1.57. The van der Waals surface area contributed by atoms with Crippen LogP contribution >= 0.6 is 0 Å². The van der Waals surface area contributed by atoms with E-state index < -0.39 is 17.7 Å². The highest BCUT2D eigenvalue weighted by molar-refractivity contribution is 6.11. The third-order valence-corrected chi connectivity index (χ3v) is 3.60. The molecule has 0 saturated heterocycles. The van der Waals surface area contributed by atoms with Crippen molar-refractivity contribution in [3.63, 3.8) is 0 Å². The van der Waals surface area contributed by atoms with Crippen molar-refractivity contribution in [2.75, 3.05) is 20.3 Å². The molecule has 2 heterocycles. The monoisotopic (exact) mass is 373 g/mol. The van der Waals surface area contributed by atoms with Gasteiger partial charge in [0.15, 0.2) is 0 Å². The maximum atomic E-state index is 12.9. The van der Waals surface area contributed by atoms with E-state index in [1.807, 2.05) is 0 Å². The number of ketones is 1. The lowest BCUT2D eigenvalue weighted by molar-refractivity contribution is -0.141. The van der Waals surface area contributed by atoms with Crippen LogP contribution in [0.5, 0.6) is 5.88 Å². The fourth-order valence-corrected chi connectivity index (χ4v) is 2.33. The molecule has 142 valence electrons. The first-order chi connectivity index (χ1) is 12.2. The second kappa shape index (κ2) is 7.83. The molecule has 0 aliphatic rings. The number of pyridine rings is 1. The number of methoxy groups -OCH3 is 1. The quantitative estimate of drug-likeness (QED) is 0.592. The van der Waals surface area contributed by atoms with Gasteiger partial charge in [-0.15, -0.1) is 0 Å². The Hall–Kier alpha value is -2.46. The van der Waals surface area contributed by atoms with Crippen LogP contribution in [0.2, 0.25) is 0 Å². The Labute approximate surface area is 147 Å². The third-order valence-electron chi connectivity index (χ3n) is 3.60. The molecular formula is C16H18F3N3O4. The van der Waals surface area contributed by atoms with Crippen LogP contribution in [0.25, 0.3) is 0 Å². The largest absolute Gasteiger partial charge is 0.493 e.